The van der Waals surface area contributed by atoms with Crippen LogP contribution in [-0.2, 0) is 0 Å². The van der Waals surface area contributed by atoms with Gasteiger partial charge in [0.25, 0.3) is 0 Å². The van der Waals surface area contributed by atoms with E-state index in [9.17, 15) is 0 Å². The highest BCUT2D eigenvalue weighted by atomic mass is 14.4. The first-order chi connectivity index (χ1) is 22.1. The molecule has 0 aromatic rings. The van der Waals surface area contributed by atoms with Gasteiger partial charge in [-0.1, -0.05) is 236 Å². The minimum atomic E-state index is 0.491. The Balaban J connectivity index is 4.53. The maximum absolute atomic E-state index is 2.70. The van der Waals surface area contributed by atoms with Gasteiger partial charge in [0.15, 0.2) is 0 Å². The Hall–Kier alpha value is 0. The molecule has 0 aliphatic carbocycles. The molecule has 0 spiro atoms. The molecule has 4 unspecified atom stereocenters. The van der Waals surface area contributed by atoms with Crippen LogP contribution in [0.1, 0.15) is 268 Å². The van der Waals surface area contributed by atoms with Gasteiger partial charge in [-0.3, -0.25) is 0 Å². The molecule has 0 amide bonds. The smallest absolute Gasteiger partial charge is 0.0323 e. The van der Waals surface area contributed by atoms with Gasteiger partial charge in [-0.15, -0.1) is 0 Å². The summed E-state index contributed by atoms with van der Waals surface area (Å²) in [7, 11) is 0. The molecule has 0 aromatic carbocycles. The van der Waals surface area contributed by atoms with Gasteiger partial charge in [0.2, 0.25) is 0 Å². The van der Waals surface area contributed by atoms with E-state index in [1.54, 1.807) is 0 Å². The maximum Gasteiger partial charge on any atom is -0.0323 e. The Morgan fingerprint density at radius 1 is 0.348 bits per heavy atom. The predicted octanol–water partition coefficient (Wildman–Crippen LogP) is 17.5. The molecule has 0 saturated carbocycles. The molecule has 46 heavy (non-hydrogen) atoms. The normalized spacial score (nSPS) is 15.6. The molecule has 0 aliphatic rings. The van der Waals surface area contributed by atoms with Crippen LogP contribution < -0.4 is 0 Å². The molecule has 0 fully saturated rings. The summed E-state index contributed by atoms with van der Waals surface area (Å²) in [5, 5.41) is 0. The molecule has 0 heterocycles. The molecule has 0 N–H and O–H groups in total. The Bertz CT molecular complexity index is 603. The lowest BCUT2D eigenvalue weighted by molar-refractivity contribution is 0.147. The van der Waals surface area contributed by atoms with E-state index in [1.807, 2.05) is 0 Å². The zero-order valence-corrected chi connectivity index (χ0v) is 34.4. The molecule has 4 atom stereocenters. The summed E-state index contributed by atoms with van der Waals surface area (Å²) < 4.78 is 0. The van der Waals surface area contributed by atoms with Gasteiger partial charge < -0.3 is 0 Å². The second-order valence-corrected chi connectivity index (χ2v) is 18.1. The van der Waals surface area contributed by atoms with Gasteiger partial charge in [-0.25, -0.2) is 0 Å². The lowest BCUT2D eigenvalue weighted by Crippen LogP contribution is -2.24. The van der Waals surface area contributed by atoms with Crippen LogP contribution in [0.15, 0.2) is 0 Å². The molecule has 0 radical (unpaired) electrons. The SMILES string of the molecule is CCCCCCCCCCCCCC(C)CCC(C)(CCC(C)(C)CCC(C)CC)CC(C)CCCCCCCCCCCCC. The first kappa shape index (κ1) is 46.0. The van der Waals surface area contributed by atoms with E-state index in [0.717, 1.165) is 17.8 Å². The van der Waals surface area contributed by atoms with Crippen LogP contribution in [0, 0.1) is 28.6 Å². The molecule has 0 nitrogen and oxygen atoms in total. The van der Waals surface area contributed by atoms with Crippen LogP contribution in [0.2, 0.25) is 0 Å². The van der Waals surface area contributed by atoms with Gasteiger partial charge in [0.1, 0.15) is 0 Å². The van der Waals surface area contributed by atoms with E-state index >= 15 is 0 Å². The number of hydrogen-bond acceptors (Lipinski definition) is 0. The third-order valence-corrected chi connectivity index (χ3v) is 12.1. The van der Waals surface area contributed by atoms with E-state index in [-0.39, 0.29) is 0 Å². The fourth-order valence-corrected chi connectivity index (χ4v) is 7.93. The minimum absolute atomic E-state index is 0.491. The van der Waals surface area contributed by atoms with Crippen LogP contribution in [0.5, 0.6) is 0 Å². The molecule has 0 saturated heterocycles. The fourth-order valence-electron chi connectivity index (χ4n) is 7.93. The molecular weight excluding hydrogens is 553 g/mol. The van der Waals surface area contributed by atoms with Crippen molar-refractivity contribution >= 4 is 0 Å². The van der Waals surface area contributed by atoms with Crippen LogP contribution in [0.3, 0.4) is 0 Å². The first-order valence-electron chi connectivity index (χ1n) is 22.1. The Labute approximate surface area is 295 Å². The van der Waals surface area contributed by atoms with Crippen LogP contribution in [0.4, 0.5) is 0 Å². The summed E-state index contributed by atoms with van der Waals surface area (Å²) >= 11 is 0. The third-order valence-electron chi connectivity index (χ3n) is 12.1. The monoisotopic (exact) mass is 647 g/mol. The van der Waals surface area contributed by atoms with Crippen molar-refractivity contribution in [3.63, 3.8) is 0 Å². The summed E-state index contributed by atoms with van der Waals surface area (Å²) in [6.07, 6.45) is 46.4. The van der Waals surface area contributed by atoms with Crippen LogP contribution in [0.25, 0.3) is 0 Å². The predicted molar refractivity (Wildman–Crippen MR) is 214 cm³/mol. The van der Waals surface area contributed by atoms with E-state index < -0.39 is 0 Å². The Morgan fingerprint density at radius 2 is 0.717 bits per heavy atom. The van der Waals surface area contributed by atoms with E-state index in [4.69, 9.17) is 0 Å². The maximum atomic E-state index is 2.70. The highest BCUT2D eigenvalue weighted by Crippen LogP contribution is 2.43. The topological polar surface area (TPSA) is 0 Å². The summed E-state index contributed by atoms with van der Waals surface area (Å²) in [5.41, 5.74) is 1.02. The molecule has 278 valence electrons. The first-order valence-corrected chi connectivity index (χ1v) is 22.1. The van der Waals surface area contributed by atoms with Crippen molar-refractivity contribution in [2.75, 3.05) is 0 Å². The fraction of sp³-hybridized carbons (Fsp3) is 1.00. The molecule has 0 aliphatic heterocycles. The average molecular weight is 647 g/mol. The van der Waals surface area contributed by atoms with Crippen molar-refractivity contribution in [3.8, 4) is 0 Å². The van der Waals surface area contributed by atoms with Gasteiger partial charge >= 0.3 is 0 Å². The Morgan fingerprint density at radius 3 is 1.13 bits per heavy atom. The lowest BCUT2D eigenvalue weighted by atomic mass is 9.68. The van der Waals surface area contributed by atoms with E-state index in [0.29, 0.717) is 10.8 Å². The largest absolute Gasteiger partial charge is 0.0654 e. The van der Waals surface area contributed by atoms with Crippen LogP contribution in [-0.4, -0.2) is 0 Å². The second-order valence-electron chi connectivity index (χ2n) is 18.1. The Kier molecular flexibility index (Phi) is 31.0. The highest BCUT2D eigenvalue weighted by Gasteiger charge is 2.30. The zero-order chi connectivity index (χ0) is 34.4. The third kappa shape index (κ3) is 30.1. The zero-order valence-electron chi connectivity index (χ0n) is 34.4. The van der Waals surface area contributed by atoms with Crippen molar-refractivity contribution in [1.29, 1.82) is 0 Å². The minimum Gasteiger partial charge on any atom is -0.0654 e. The van der Waals surface area contributed by atoms with Crippen molar-refractivity contribution in [2.24, 2.45) is 28.6 Å². The van der Waals surface area contributed by atoms with Gasteiger partial charge in [0, 0.05) is 0 Å². The number of rotatable bonds is 36. The quantitative estimate of drug-likeness (QED) is 0.0594. The molecule has 0 heteroatoms. The molecule has 0 aromatic heterocycles. The summed E-state index contributed by atoms with van der Waals surface area (Å²) in [4.78, 5) is 0. The van der Waals surface area contributed by atoms with E-state index in [1.165, 1.54) is 205 Å². The summed E-state index contributed by atoms with van der Waals surface area (Å²) in [6, 6.07) is 0. The lowest BCUT2D eigenvalue weighted by Gasteiger charge is -2.37. The average Bonchev–Trinajstić information content (AvgIpc) is 3.03. The summed E-state index contributed by atoms with van der Waals surface area (Å²) in [6.45, 7) is 22.5. The van der Waals surface area contributed by atoms with Crippen molar-refractivity contribution in [2.45, 2.75) is 268 Å². The molecule has 0 rings (SSSR count). The second kappa shape index (κ2) is 31.0. The molecular formula is C46H94. The van der Waals surface area contributed by atoms with Crippen molar-refractivity contribution < 1.29 is 0 Å². The van der Waals surface area contributed by atoms with Crippen LogP contribution >= 0.6 is 0 Å². The number of unbranched alkanes of at least 4 members (excludes halogenated alkanes) is 20. The standard InChI is InChI=1S/C46H94/c1-10-13-15-17-19-21-23-25-27-29-31-33-43(5)36-38-46(9,40-39-45(7,8)37-35-42(4)12-3)41-44(6)34-32-30-28-26-24-22-20-18-16-14-11-2/h42-44H,10-41H2,1-9H3. The highest BCUT2D eigenvalue weighted by molar-refractivity contribution is 4.82. The van der Waals surface area contributed by atoms with Crippen molar-refractivity contribution in [1.82, 2.24) is 0 Å². The van der Waals surface area contributed by atoms with Gasteiger partial charge in [-0.2, -0.15) is 0 Å². The number of hydrogen-bond donors (Lipinski definition) is 0. The van der Waals surface area contributed by atoms with Gasteiger partial charge in [-0.05, 0) is 60.7 Å². The van der Waals surface area contributed by atoms with Crippen molar-refractivity contribution in [3.05, 3.63) is 0 Å². The summed E-state index contributed by atoms with van der Waals surface area (Å²) in [5.74, 6) is 2.67. The van der Waals surface area contributed by atoms with E-state index in [2.05, 4.69) is 62.3 Å². The molecule has 0 bridgehead atoms. The van der Waals surface area contributed by atoms with Gasteiger partial charge in [0.05, 0.1) is 0 Å².